The summed E-state index contributed by atoms with van der Waals surface area (Å²) in [4.78, 5) is 6.68. The van der Waals surface area contributed by atoms with Crippen molar-refractivity contribution in [3.05, 3.63) is 47.0 Å². The highest BCUT2D eigenvalue weighted by Gasteiger charge is 2.37. The minimum Gasteiger partial charge on any atom is -0.337 e. The van der Waals surface area contributed by atoms with Crippen LogP contribution in [0.3, 0.4) is 0 Å². The highest BCUT2D eigenvalue weighted by atomic mass is 35.5. The van der Waals surface area contributed by atoms with Gasteiger partial charge in [-0.15, -0.1) is 0 Å². The number of imidazole rings is 1. The van der Waals surface area contributed by atoms with Gasteiger partial charge in [-0.2, -0.15) is 0 Å². The number of fused-ring (bicyclic) bond motifs is 1. The van der Waals surface area contributed by atoms with Crippen LogP contribution in [-0.2, 0) is 23.4 Å². The van der Waals surface area contributed by atoms with Crippen LogP contribution in [0.5, 0.6) is 0 Å². The van der Waals surface area contributed by atoms with Gasteiger partial charge in [-0.25, -0.2) is 13.4 Å². The molecule has 5 nitrogen and oxygen atoms in total. The molecule has 1 aliphatic heterocycles. The molecule has 0 saturated heterocycles. The van der Waals surface area contributed by atoms with E-state index in [1.165, 1.54) is 0 Å². The van der Waals surface area contributed by atoms with E-state index in [4.69, 9.17) is 11.6 Å². The summed E-state index contributed by atoms with van der Waals surface area (Å²) in [7, 11) is 0.598. The van der Waals surface area contributed by atoms with Gasteiger partial charge in [0.15, 0.2) is 9.84 Å². The summed E-state index contributed by atoms with van der Waals surface area (Å²) in [5.74, 6) is 0.981. The monoisotopic (exact) mass is 325 g/mol. The van der Waals surface area contributed by atoms with Gasteiger partial charge in [-0.05, 0) is 30.8 Å². The van der Waals surface area contributed by atoms with Gasteiger partial charge < -0.3 is 4.57 Å². The van der Waals surface area contributed by atoms with Crippen molar-refractivity contribution >= 4 is 21.4 Å². The number of hydrogen-bond donors (Lipinski definition) is 0. The zero-order valence-electron chi connectivity index (χ0n) is 11.8. The SMILES string of the molecule is CN(Cc1nccn1C)C1CS(=O)(=O)c2ccc(Cl)cc21. The Bertz CT molecular complexity index is 785. The van der Waals surface area contributed by atoms with Gasteiger partial charge in [0.1, 0.15) is 5.82 Å². The number of aryl methyl sites for hydroxylation is 1. The number of benzene rings is 1. The van der Waals surface area contributed by atoms with Crippen molar-refractivity contribution in [2.75, 3.05) is 12.8 Å². The second-order valence-corrected chi connectivity index (χ2v) is 7.79. The average molecular weight is 326 g/mol. The number of sulfone groups is 1. The summed E-state index contributed by atoms with van der Waals surface area (Å²) in [5, 5.41) is 0.557. The van der Waals surface area contributed by atoms with Crippen LogP contribution in [0.15, 0.2) is 35.5 Å². The zero-order chi connectivity index (χ0) is 15.2. The van der Waals surface area contributed by atoms with Gasteiger partial charge in [0.2, 0.25) is 0 Å². The van der Waals surface area contributed by atoms with Crippen LogP contribution in [0.4, 0.5) is 0 Å². The largest absolute Gasteiger partial charge is 0.337 e. The summed E-state index contributed by atoms with van der Waals surface area (Å²) >= 11 is 6.02. The summed E-state index contributed by atoms with van der Waals surface area (Å²) < 4.78 is 26.4. The zero-order valence-corrected chi connectivity index (χ0v) is 13.4. The van der Waals surface area contributed by atoms with E-state index >= 15 is 0 Å². The Morgan fingerprint density at radius 3 is 2.90 bits per heavy atom. The molecule has 0 bridgehead atoms. The lowest BCUT2D eigenvalue weighted by atomic mass is 10.1. The molecule has 1 atom stereocenters. The molecule has 0 saturated carbocycles. The Balaban J connectivity index is 1.94. The molecule has 2 heterocycles. The first-order valence-electron chi connectivity index (χ1n) is 6.57. The molecule has 0 radical (unpaired) electrons. The van der Waals surface area contributed by atoms with Gasteiger partial charge in [-0.1, -0.05) is 11.6 Å². The van der Waals surface area contributed by atoms with Crippen molar-refractivity contribution in [2.45, 2.75) is 17.5 Å². The molecule has 0 aliphatic carbocycles. The Labute approximate surface area is 129 Å². The molecule has 0 fully saturated rings. The second-order valence-electron chi connectivity index (χ2n) is 5.35. The molecule has 2 aromatic rings. The predicted molar refractivity (Wildman–Crippen MR) is 80.9 cm³/mol. The van der Waals surface area contributed by atoms with E-state index in [2.05, 4.69) is 4.98 Å². The van der Waals surface area contributed by atoms with Crippen molar-refractivity contribution in [3.8, 4) is 0 Å². The van der Waals surface area contributed by atoms with Gasteiger partial charge in [0.25, 0.3) is 0 Å². The van der Waals surface area contributed by atoms with E-state index in [1.807, 2.05) is 29.8 Å². The average Bonchev–Trinajstić information content (AvgIpc) is 2.92. The fourth-order valence-electron chi connectivity index (χ4n) is 2.70. The van der Waals surface area contributed by atoms with E-state index < -0.39 is 9.84 Å². The molecule has 21 heavy (non-hydrogen) atoms. The van der Waals surface area contributed by atoms with Crippen molar-refractivity contribution in [1.29, 1.82) is 0 Å². The standard InChI is InChI=1S/C14H16ClN3O2S/c1-17-6-5-16-14(17)8-18(2)12-9-21(19,20)13-4-3-10(15)7-11(12)13/h3-7,12H,8-9H2,1-2H3. The molecule has 1 aromatic carbocycles. The van der Waals surface area contributed by atoms with Crippen LogP contribution in [-0.4, -0.2) is 35.7 Å². The quantitative estimate of drug-likeness (QED) is 0.866. The summed E-state index contributed by atoms with van der Waals surface area (Å²) in [6, 6.07) is 4.78. The third-order valence-electron chi connectivity index (χ3n) is 3.89. The van der Waals surface area contributed by atoms with Gasteiger partial charge in [0, 0.05) is 24.5 Å². The smallest absolute Gasteiger partial charge is 0.180 e. The maximum atomic E-state index is 12.3. The first-order chi connectivity index (χ1) is 9.88. The molecule has 1 aliphatic rings. The predicted octanol–water partition coefficient (Wildman–Crippen LogP) is 2.03. The lowest BCUT2D eigenvalue weighted by Gasteiger charge is -2.23. The number of nitrogens with zero attached hydrogens (tertiary/aromatic N) is 3. The Hall–Kier alpha value is -1.37. The van der Waals surface area contributed by atoms with Crippen LogP contribution < -0.4 is 0 Å². The molecule has 0 amide bonds. The maximum Gasteiger partial charge on any atom is 0.180 e. The van der Waals surface area contributed by atoms with E-state index in [1.54, 1.807) is 24.4 Å². The third kappa shape index (κ3) is 2.59. The number of aromatic nitrogens is 2. The molecule has 112 valence electrons. The van der Waals surface area contributed by atoms with Crippen molar-refractivity contribution in [1.82, 2.24) is 14.5 Å². The second kappa shape index (κ2) is 5.12. The lowest BCUT2D eigenvalue weighted by Crippen LogP contribution is -2.26. The van der Waals surface area contributed by atoms with Crippen molar-refractivity contribution < 1.29 is 8.42 Å². The third-order valence-corrected chi connectivity index (χ3v) is 5.92. The molecule has 1 unspecified atom stereocenters. The van der Waals surface area contributed by atoms with Crippen LogP contribution in [0.25, 0.3) is 0 Å². The van der Waals surface area contributed by atoms with Gasteiger partial charge in [-0.3, -0.25) is 4.90 Å². The highest BCUT2D eigenvalue weighted by Crippen LogP contribution is 2.38. The lowest BCUT2D eigenvalue weighted by molar-refractivity contribution is 0.248. The molecule has 3 rings (SSSR count). The van der Waals surface area contributed by atoms with Crippen molar-refractivity contribution in [3.63, 3.8) is 0 Å². The number of hydrogen-bond acceptors (Lipinski definition) is 4. The summed E-state index contributed by atoms with van der Waals surface area (Å²) in [6.07, 6.45) is 3.61. The normalized spacial score (nSPS) is 19.9. The maximum absolute atomic E-state index is 12.3. The number of halogens is 1. The minimum absolute atomic E-state index is 0.0869. The van der Waals surface area contributed by atoms with Crippen LogP contribution in [0.2, 0.25) is 5.02 Å². The first-order valence-corrected chi connectivity index (χ1v) is 8.60. The Morgan fingerprint density at radius 2 is 2.24 bits per heavy atom. The molecule has 0 N–H and O–H groups in total. The van der Waals surface area contributed by atoms with Crippen LogP contribution >= 0.6 is 11.6 Å². The summed E-state index contributed by atoms with van der Waals surface area (Å²) in [5.41, 5.74) is 0.777. The fourth-order valence-corrected chi connectivity index (χ4v) is 4.74. The molecule has 0 spiro atoms. The summed E-state index contributed by atoms with van der Waals surface area (Å²) in [6.45, 7) is 0.579. The first kappa shape index (κ1) is 14.6. The molecular weight excluding hydrogens is 310 g/mol. The minimum atomic E-state index is -3.23. The Morgan fingerprint density at radius 1 is 1.48 bits per heavy atom. The highest BCUT2D eigenvalue weighted by molar-refractivity contribution is 7.91. The van der Waals surface area contributed by atoms with E-state index in [0.717, 1.165) is 11.4 Å². The fraction of sp³-hybridized carbons (Fsp3) is 0.357. The molecular formula is C14H16ClN3O2S. The van der Waals surface area contributed by atoms with Crippen LogP contribution in [0, 0.1) is 0 Å². The topological polar surface area (TPSA) is 55.2 Å². The number of rotatable bonds is 3. The van der Waals surface area contributed by atoms with E-state index in [0.29, 0.717) is 16.5 Å². The van der Waals surface area contributed by atoms with Gasteiger partial charge in [0.05, 0.1) is 23.2 Å². The van der Waals surface area contributed by atoms with E-state index in [9.17, 15) is 8.42 Å². The van der Waals surface area contributed by atoms with Gasteiger partial charge >= 0.3 is 0 Å². The molecule has 7 heteroatoms. The van der Waals surface area contributed by atoms with E-state index in [-0.39, 0.29) is 11.8 Å². The van der Waals surface area contributed by atoms with Crippen LogP contribution in [0.1, 0.15) is 17.4 Å². The van der Waals surface area contributed by atoms with Crippen molar-refractivity contribution in [2.24, 2.45) is 7.05 Å². The Kier molecular flexibility index (Phi) is 3.55. The molecule has 1 aromatic heterocycles.